The molecule has 1 unspecified atom stereocenters. The monoisotopic (exact) mass is 200 g/mol. The second-order valence-electron chi connectivity index (χ2n) is 2.45. The average molecular weight is 200 g/mol. The molecule has 0 fully saturated rings. The van der Waals surface area contributed by atoms with E-state index in [2.05, 4.69) is 4.74 Å². The van der Waals surface area contributed by atoms with Crippen molar-refractivity contribution in [3.8, 4) is 0 Å². The van der Waals surface area contributed by atoms with Crippen LogP contribution < -0.4 is 0 Å². The van der Waals surface area contributed by atoms with Crippen LogP contribution in [0.3, 0.4) is 0 Å². The molecule has 1 atom stereocenters. The van der Waals surface area contributed by atoms with Crippen molar-refractivity contribution in [1.29, 1.82) is 0 Å². The summed E-state index contributed by atoms with van der Waals surface area (Å²) >= 11 is 0. The van der Waals surface area contributed by atoms with Gasteiger partial charge in [0.1, 0.15) is 0 Å². The van der Waals surface area contributed by atoms with Crippen molar-refractivity contribution in [2.75, 3.05) is 13.7 Å². The van der Waals surface area contributed by atoms with Crippen LogP contribution in [0.15, 0.2) is 0 Å². The van der Waals surface area contributed by atoms with Crippen LogP contribution in [0.1, 0.15) is 19.8 Å². The molecule has 12 heavy (non-hydrogen) atoms. The summed E-state index contributed by atoms with van der Waals surface area (Å²) in [5.41, 5.74) is 0. The van der Waals surface area contributed by atoms with Crippen molar-refractivity contribution in [2.45, 2.75) is 24.8 Å². The Balaban J connectivity index is 4.47. The predicted octanol–water partition coefficient (Wildman–Crippen LogP) is 0.987. The van der Waals surface area contributed by atoms with Gasteiger partial charge in [-0.25, -0.2) is 4.39 Å². The lowest BCUT2D eigenvalue weighted by Gasteiger charge is -2.19. The maximum Gasteiger partial charge on any atom is 0.300 e. The molecule has 0 spiro atoms. The van der Waals surface area contributed by atoms with E-state index in [1.54, 1.807) is 0 Å². The second kappa shape index (κ2) is 4.15. The molecule has 0 radical (unpaired) electrons. The molecule has 0 aliphatic heterocycles. The summed E-state index contributed by atoms with van der Waals surface area (Å²) in [5.74, 6) is 0. The van der Waals surface area contributed by atoms with Crippen molar-refractivity contribution in [3.63, 3.8) is 0 Å². The number of hydrogen-bond donors (Lipinski definition) is 1. The zero-order chi connectivity index (χ0) is 9.83. The maximum absolute atomic E-state index is 13.3. The molecular weight excluding hydrogens is 187 g/mol. The third kappa shape index (κ3) is 2.69. The lowest BCUT2D eigenvalue weighted by atomic mass is 10.2. The zero-order valence-electron chi connectivity index (χ0n) is 7.08. The fraction of sp³-hybridized carbons (Fsp3) is 1.00. The molecule has 0 amide bonds. The Morgan fingerprint density at radius 3 is 2.33 bits per heavy atom. The highest BCUT2D eigenvalue weighted by molar-refractivity contribution is 7.87. The SMILES string of the molecule is CCC(F)(CCOC)S(=O)(=O)O. The first-order chi connectivity index (χ1) is 5.37. The van der Waals surface area contributed by atoms with E-state index in [0.29, 0.717) is 0 Å². The summed E-state index contributed by atoms with van der Waals surface area (Å²) in [4.78, 5) is 0. The van der Waals surface area contributed by atoms with Gasteiger partial charge in [-0.3, -0.25) is 4.55 Å². The van der Waals surface area contributed by atoms with Crippen molar-refractivity contribution in [3.05, 3.63) is 0 Å². The Hall–Kier alpha value is -0.200. The Kier molecular flexibility index (Phi) is 4.09. The second-order valence-corrected chi connectivity index (χ2v) is 4.14. The highest BCUT2D eigenvalue weighted by Crippen LogP contribution is 2.26. The molecule has 0 aromatic rings. The van der Waals surface area contributed by atoms with Crippen LogP contribution in [0, 0.1) is 0 Å². The summed E-state index contributed by atoms with van der Waals surface area (Å²) in [6, 6.07) is 0. The van der Waals surface area contributed by atoms with Gasteiger partial charge in [0, 0.05) is 13.5 Å². The van der Waals surface area contributed by atoms with Gasteiger partial charge in [-0.2, -0.15) is 8.42 Å². The molecule has 0 rings (SSSR count). The van der Waals surface area contributed by atoms with Crippen LogP contribution >= 0.6 is 0 Å². The van der Waals surface area contributed by atoms with Crippen LogP contribution in [0.5, 0.6) is 0 Å². The minimum atomic E-state index is -4.63. The van der Waals surface area contributed by atoms with Gasteiger partial charge in [0.15, 0.2) is 0 Å². The van der Waals surface area contributed by atoms with E-state index < -0.39 is 15.1 Å². The van der Waals surface area contributed by atoms with Gasteiger partial charge in [0.05, 0.1) is 6.61 Å². The van der Waals surface area contributed by atoms with E-state index in [-0.39, 0.29) is 19.4 Å². The van der Waals surface area contributed by atoms with Crippen LogP contribution in [-0.4, -0.2) is 31.7 Å². The molecule has 0 saturated heterocycles. The standard InChI is InChI=1S/C6H13FO4S/c1-3-6(7,4-5-11-2)12(8,9)10/h3-5H2,1-2H3,(H,8,9,10). The Bertz CT molecular complexity index is 226. The smallest absolute Gasteiger partial charge is 0.300 e. The number of alkyl halides is 1. The fourth-order valence-corrected chi connectivity index (χ4v) is 1.45. The number of methoxy groups -OCH3 is 1. The highest BCUT2D eigenvalue weighted by atomic mass is 32.2. The van der Waals surface area contributed by atoms with Crippen LogP contribution in [-0.2, 0) is 14.9 Å². The molecule has 0 aromatic carbocycles. The topological polar surface area (TPSA) is 63.6 Å². The molecule has 0 heterocycles. The van der Waals surface area contributed by atoms with Crippen molar-refractivity contribution < 1.29 is 22.1 Å². The lowest BCUT2D eigenvalue weighted by molar-refractivity contribution is 0.134. The van der Waals surface area contributed by atoms with Gasteiger partial charge in [-0.15, -0.1) is 0 Å². The summed E-state index contributed by atoms with van der Waals surface area (Å²) in [5, 5.41) is -2.57. The Labute approximate surface area is 71.5 Å². The van der Waals surface area contributed by atoms with E-state index in [1.165, 1.54) is 14.0 Å². The summed E-state index contributed by atoms with van der Waals surface area (Å²) in [6.07, 6.45) is -0.631. The number of halogens is 1. The maximum atomic E-state index is 13.3. The first-order valence-corrected chi connectivity index (χ1v) is 4.96. The predicted molar refractivity (Wildman–Crippen MR) is 42.2 cm³/mol. The van der Waals surface area contributed by atoms with Crippen LogP contribution in [0.4, 0.5) is 4.39 Å². The normalized spacial score (nSPS) is 17.3. The van der Waals surface area contributed by atoms with E-state index in [1.807, 2.05) is 0 Å². The number of hydrogen-bond acceptors (Lipinski definition) is 3. The van der Waals surface area contributed by atoms with Gasteiger partial charge in [-0.1, -0.05) is 6.92 Å². The van der Waals surface area contributed by atoms with E-state index in [0.717, 1.165) is 0 Å². The van der Waals surface area contributed by atoms with E-state index in [4.69, 9.17) is 4.55 Å². The Morgan fingerprint density at radius 2 is 2.08 bits per heavy atom. The average Bonchev–Trinajstić information content (AvgIpc) is 1.98. The molecule has 4 nitrogen and oxygen atoms in total. The number of rotatable bonds is 5. The summed E-state index contributed by atoms with van der Waals surface area (Å²) < 4.78 is 47.4. The molecule has 1 N–H and O–H groups in total. The first-order valence-electron chi connectivity index (χ1n) is 3.52. The van der Waals surface area contributed by atoms with Crippen molar-refractivity contribution in [2.24, 2.45) is 0 Å². The van der Waals surface area contributed by atoms with E-state index >= 15 is 0 Å². The molecule has 0 aliphatic carbocycles. The van der Waals surface area contributed by atoms with Gasteiger partial charge < -0.3 is 4.74 Å². The minimum absolute atomic E-state index is 0.0376. The van der Waals surface area contributed by atoms with Gasteiger partial charge in [0.25, 0.3) is 10.1 Å². The highest BCUT2D eigenvalue weighted by Gasteiger charge is 2.41. The third-order valence-corrected chi connectivity index (χ3v) is 3.09. The number of ether oxygens (including phenoxy) is 1. The lowest BCUT2D eigenvalue weighted by Crippen LogP contribution is -2.33. The molecule has 0 bridgehead atoms. The minimum Gasteiger partial charge on any atom is -0.385 e. The first kappa shape index (κ1) is 11.8. The Morgan fingerprint density at radius 1 is 1.58 bits per heavy atom. The molecular formula is C6H13FO4S. The molecule has 6 heteroatoms. The molecule has 0 saturated carbocycles. The van der Waals surface area contributed by atoms with Crippen molar-refractivity contribution >= 4 is 10.1 Å². The quantitative estimate of drug-likeness (QED) is 0.672. The van der Waals surface area contributed by atoms with Gasteiger partial charge in [-0.05, 0) is 6.42 Å². The van der Waals surface area contributed by atoms with E-state index in [9.17, 15) is 12.8 Å². The van der Waals surface area contributed by atoms with Gasteiger partial charge in [0.2, 0.25) is 5.00 Å². The van der Waals surface area contributed by atoms with Gasteiger partial charge >= 0.3 is 0 Å². The largest absolute Gasteiger partial charge is 0.385 e. The van der Waals surface area contributed by atoms with Crippen molar-refractivity contribution in [1.82, 2.24) is 0 Å². The van der Waals surface area contributed by atoms with Crippen LogP contribution in [0.25, 0.3) is 0 Å². The zero-order valence-corrected chi connectivity index (χ0v) is 7.90. The molecule has 0 aliphatic rings. The fourth-order valence-electron chi connectivity index (χ4n) is 0.743. The molecule has 0 aromatic heterocycles. The summed E-state index contributed by atoms with van der Waals surface area (Å²) in [6.45, 7) is 1.31. The molecule has 74 valence electrons. The van der Waals surface area contributed by atoms with Crippen LogP contribution in [0.2, 0.25) is 0 Å². The summed E-state index contributed by atoms with van der Waals surface area (Å²) in [7, 11) is -3.30. The third-order valence-electron chi connectivity index (χ3n) is 1.67.